The minimum absolute atomic E-state index is 0.260. The minimum Gasteiger partial charge on any atom is -0.505 e. The highest BCUT2D eigenvalue weighted by Gasteiger charge is 2.20. The quantitative estimate of drug-likeness (QED) is 0.597. The number of carboxylic acids is 1. The van der Waals surface area contributed by atoms with E-state index in [9.17, 15) is 23.5 Å². The van der Waals surface area contributed by atoms with Gasteiger partial charge in [0.15, 0.2) is 11.3 Å². The molecule has 0 aliphatic carbocycles. The van der Waals surface area contributed by atoms with Crippen LogP contribution in [0.5, 0.6) is 5.75 Å². The summed E-state index contributed by atoms with van der Waals surface area (Å²) in [7, 11) is 0. The number of aliphatic carboxylic acids is 1. The Morgan fingerprint density at radius 2 is 1.81 bits per heavy atom. The van der Waals surface area contributed by atoms with Crippen molar-refractivity contribution in [2.24, 2.45) is 0 Å². The molecule has 0 atom stereocenters. The van der Waals surface area contributed by atoms with Crippen molar-refractivity contribution in [2.75, 3.05) is 6.54 Å². The van der Waals surface area contributed by atoms with E-state index in [1.165, 1.54) is 24.5 Å². The number of amides is 1. The van der Waals surface area contributed by atoms with Crippen LogP contribution in [0.3, 0.4) is 0 Å². The van der Waals surface area contributed by atoms with Gasteiger partial charge in [0.1, 0.15) is 30.3 Å². The topological polar surface area (TPSA) is 117 Å². The van der Waals surface area contributed by atoms with Crippen LogP contribution in [0.25, 0.3) is 5.65 Å². The Kier molecular flexibility index (Phi) is 4.97. The molecule has 0 radical (unpaired) electrons. The van der Waals surface area contributed by atoms with Gasteiger partial charge < -0.3 is 15.5 Å². The zero-order valence-electron chi connectivity index (χ0n) is 13.8. The SMILES string of the molecule is O=C(O)CNC(=O)c1c(O)cc(CCc2cc(F)cc(F)c2)c2ncnn12. The molecule has 0 bridgehead atoms. The summed E-state index contributed by atoms with van der Waals surface area (Å²) in [6.45, 7) is -0.624. The number of aromatic hydroxyl groups is 1. The zero-order chi connectivity index (χ0) is 19.6. The Morgan fingerprint density at radius 3 is 2.48 bits per heavy atom. The first-order valence-electron chi connectivity index (χ1n) is 7.84. The highest BCUT2D eigenvalue weighted by atomic mass is 19.1. The number of nitrogens with zero attached hydrogens (tertiary/aromatic N) is 3. The van der Waals surface area contributed by atoms with Gasteiger partial charge in [-0.05, 0) is 36.6 Å². The molecule has 0 spiro atoms. The maximum absolute atomic E-state index is 13.3. The molecule has 27 heavy (non-hydrogen) atoms. The number of pyridine rings is 1. The van der Waals surface area contributed by atoms with Crippen LogP contribution < -0.4 is 5.32 Å². The highest BCUT2D eigenvalue weighted by Crippen LogP contribution is 2.23. The van der Waals surface area contributed by atoms with Gasteiger partial charge in [0.25, 0.3) is 5.91 Å². The van der Waals surface area contributed by atoms with E-state index in [1.807, 2.05) is 0 Å². The second kappa shape index (κ2) is 7.36. The van der Waals surface area contributed by atoms with Crippen molar-refractivity contribution in [3.8, 4) is 5.75 Å². The van der Waals surface area contributed by atoms with Crippen molar-refractivity contribution in [3.05, 3.63) is 59.0 Å². The summed E-state index contributed by atoms with van der Waals surface area (Å²) in [6.07, 6.45) is 1.71. The van der Waals surface area contributed by atoms with Gasteiger partial charge in [0.2, 0.25) is 0 Å². The van der Waals surface area contributed by atoms with E-state index >= 15 is 0 Å². The Hall–Kier alpha value is -3.56. The first-order chi connectivity index (χ1) is 12.8. The Labute approximate surface area is 151 Å². The smallest absolute Gasteiger partial charge is 0.322 e. The lowest BCUT2D eigenvalue weighted by Crippen LogP contribution is -2.31. The standard InChI is InChI=1S/C17H14F2N4O4/c18-11-3-9(4-12(19)6-11)1-2-10-5-13(24)15(17(27)20-7-14(25)26)23-16(10)21-8-22-23/h3-6,8,24H,1-2,7H2,(H,20,27)(H,25,26). The van der Waals surface area contributed by atoms with Crippen molar-refractivity contribution in [3.63, 3.8) is 0 Å². The summed E-state index contributed by atoms with van der Waals surface area (Å²) >= 11 is 0. The Bertz CT molecular complexity index is 1010. The van der Waals surface area contributed by atoms with Gasteiger partial charge in [0, 0.05) is 11.6 Å². The minimum atomic E-state index is -1.24. The van der Waals surface area contributed by atoms with E-state index in [2.05, 4.69) is 15.4 Å². The van der Waals surface area contributed by atoms with Gasteiger partial charge in [-0.1, -0.05) is 0 Å². The summed E-state index contributed by atoms with van der Waals surface area (Å²) in [5.41, 5.74) is 0.937. The third-order valence-electron chi connectivity index (χ3n) is 3.82. The van der Waals surface area contributed by atoms with Crippen LogP contribution >= 0.6 is 0 Å². The van der Waals surface area contributed by atoms with Crippen LogP contribution in [-0.2, 0) is 17.6 Å². The molecular weight excluding hydrogens is 362 g/mol. The fraction of sp³-hybridized carbons (Fsp3) is 0.176. The number of nitrogens with one attached hydrogen (secondary N) is 1. The van der Waals surface area contributed by atoms with Crippen molar-refractivity contribution >= 4 is 17.5 Å². The van der Waals surface area contributed by atoms with Crippen LogP contribution in [0.2, 0.25) is 0 Å². The van der Waals surface area contributed by atoms with Gasteiger partial charge in [0.05, 0.1) is 0 Å². The van der Waals surface area contributed by atoms with E-state index in [4.69, 9.17) is 5.11 Å². The number of carboxylic acid groups (broad SMARTS) is 1. The third kappa shape index (κ3) is 4.00. The molecule has 0 unspecified atom stereocenters. The van der Waals surface area contributed by atoms with Gasteiger partial charge in [-0.2, -0.15) is 5.10 Å². The molecular formula is C17H14F2N4O4. The van der Waals surface area contributed by atoms with Gasteiger partial charge >= 0.3 is 5.97 Å². The normalized spacial score (nSPS) is 10.9. The fourth-order valence-electron chi connectivity index (χ4n) is 2.70. The number of benzene rings is 1. The molecule has 2 heterocycles. The molecule has 3 N–H and O–H groups in total. The number of hydrogen-bond donors (Lipinski definition) is 3. The Morgan fingerprint density at radius 1 is 1.11 bits per heavy atom. The molecule has 0 aliphatic heterocycles. The predicted octanol–water partition coefficient (Wildman–Crippen LogP) is 1.31. The van der Waals surface area contributed by atoms with Gasteiger partial charge in [-0.15, -0.1) is 0 Å². The third-order valence-corrected chi connectivity index (χ3v) is 3.82. The van der Waals surface area contributed by atoms with Crippen LogP contribution in [0.1, 0.15) is 21.6 Å². The summed E-state index contributed by atoms with van der Waals surface area (Å²) in [6, 6.07) is 4.49. The average Bonchev–Trinajstić information content (AvgIpc) is 3.06. The van der Waals surface area contributed by atoms with Crippen molar-refractivity contribution in [1.29, 1.82) is 0 Å². The maximum atomic E-state index is 13.3. The molecule has 0 saturated heterocycles. The van der Waals surface area contributed by atoms with Crippen LogP contribution in [0.15, 0.2) is 30.6 Å². The maximum Gasteiger partial charge on any atom is 0.322 e. The molecule has 10 heteroatoms. The van der Waals surface area contributed by atoms with E-state index in [1.54, 1.807) is 0 Å². The summed E-state index contributed by atoms with van der Waals surface area (Å²) in [4.78, 5) is 26.8. The molecule has 0 aliphatic rings. The van der Waals surface area contributed by atoms with Crippen molar-refractivity contribution in [1.82, 2.24) is 19.9 Å². The summed E-state index contributed by atoms with van der Waals surface area (Å²) in [5.74, 6) is -3.87. The largest absolute Gasteiger partial charge is 0.505 e. The lowest BCUT2D eigenvalue weighted by Gasteiger charge is -2.10. The lowest BCUT2D eigenvalue weighted by molar-refractivity contribution is -0.135. The highest BCUT2D eigenvalue weighted by molar-refractivity contribution is 5.97. The number of aryl methyl sites for hydroxylation is 2. The van der Waals surface area contributed by atoms with Gasteiger partial charge in [-0.3, -0.25) is 9.59 Å². The first kappa shape index (κ1) is 18.2. The average molecular weight is 376 g/mol. The van der Waals surface area contributed by atoms with E-state index in [0.29, 0.717) is 11.1 Å². The molecule has 3 rings (SSSR count). The number of aromatic nitrogens is 3. The molecule has 140 valence electrons. The second-order valence-corrected chi connectivity index (χ2v) is 5.75. The van der Waals surface area contributed by atoms with Crippen molar-refractivity contribution in [2.45, 2.75) is 12.8 Å². The molecule has 3 aromatic rings. The molecule has 2 aromatic heterocycles. The van der Waals surface area contributed by atoms with Gasteiger partial charge in [-0.25, -0.2) is 18.3 Å². The fourth-order valence-corrected chi connectivity index (χ4v) is 2.70. The van der Waals surface area contributed by atoms with Crippen LogP contribution in [0, 0.1) is 11.6 Å². The number of hydrogen-bond acceptors (Lipinski definition) is 5. The number of fused-ring (bicyclic) bond motifs is 1. The lowest BCUT2D eigenvalue weighted by atomic mass is 10.0. The van der Waals surface area contributed by atoms with Crippen molar-refractivity contribution < 1.29 is 28.6 Å². The number of halogens is 2. The monoisotopic (exact) mass is 376 g/mol. The zero-order valence-corrected chi connectivity index (χ0v) is 13.8. The predicted molar refractivity (Wildman–Crippen MR) is 88.4 cm³/mol. The van der Waals surface area contributed by atoms with E-state index < -0.39 is 35.8 Å². The number of carbonyl (C=O) groups excluding carboxylic acids is 1. The second-order valence-electron chi connectivity index (χ2n) is 5.75. The molecule has 0 saturated carbocycles. The number of rotatable bonds is 6. The van der Waals surface area contributed by atoms with E-state index in [0.717, 1.165) is 10.6 Å². The summed E-state index contributed by atoms with van der Waals surface area (Å²) in [5, 5.41) is 24.9. The first-order valence-corrected chi connectivity index (χ1v) is 7.84. The van der Waals surface area contributed by atoms with Crippen LogP contribution in [0.4, 0.5) is 8.78 Å². The van der Waals surface area contributed by atoms with Crippen LogP contribution in [-0.4, -0.2) is 43.2 Å². The summed E-state index contributed by atoms with van der Waals surface area (Å²) < 4.78 is 27.7. The number of carbonyl (C=O) groups is 2. The molecule has 8 nitrogen and oxygen atoms in total. The Balaban J connectivity index is 1.89. The van der Waals surface area contributed by atoms with E-state index in [-0.39, 0.29) is 24.2 Å². The molecule has 1 amide bonds. The molecule has 0 fully saturated rings. The molecule has 1 aromatic carbocycles.